The topological polar surface area (TPSA) is 42.4 Å². The van der Waals surface area contributed by atoms with Gasteiger partial charge in [0.05, 0.1) is 17.0 Å². The maximum Gasteiger partial charge on any atom is 0.313 e. The molecule has 3 heterocycles. The minimum Gasteiger partial charge on any atom is -0.466 e. The average Bonchev–Trinajstić information content (AvgIpc) is 3.05. The second-order valence-electron chi connectivity index (χ2n) is 6.32. The number of hydrogen-bond acceptors (Lipinski definition) is 4. The van der Waals surface area contributed by atoms with Gasteiger partial charge in [-0.25, -0.2) is 0 Å². The van der Waals surface area contributed by atoms with Crippen molar-refractivity contribution < 1.29 is 9.53 Å². The van der Waals surface area contributed by atoms with Crippen LogP contribution < -0.4 is 0 Å². The second kappa shape index (κ2) is 6.17. The molecule has 1 aromatic heterocycles. The van der Waals surface area contributed by atoms with E-state index in [0.717, 1.165) is 37.8 Å². The Morgan fingerprint density at radius 3 is 3.00 bits per heavy atom. The number of ether oxygens (including phenoxy) is 1. The molecule has 4 nitrogen and oxygen atoms in total. The molecule has 5 heteroatoms. The first-order chi connectivity index (χ1) is 10.6. The van der Waals surface area contributed by atoms with Crippen LogP contribution >= 0.6 is 11.6 Å². The number of fused-ring (bicyclic) bond motifs is 2. The van der Waals surface area contributed by atoms with E-state index in [2.05, 4.69) is 16.8 Å². The van der Waals surface area contributed by atoms with Crippen LogP contribution in [0.3, 0.4) is 0 Å². The summed E-state index contributed by atoms with van der Waals surface area (Å²) in [5.74, 6) is -0.0180. The lowest BCUT2D eigenvalue weighted by Gasteiger charge is -2.34. The molecule has 22 heavy (non-hydrogen) atoms. The minimum atomic E-state index is -0.335. The van der Waals surface area contributed by atoms with Crippen molar-refractivity contribution in [2.75, 3.05) is 6.61 Å². The van der Waals surface area contributed by atoms with Crippen LogP contribution in [0.1, 0.15) is 45.1 Å². The van der Waals surface area contributed by atoms with Crippen LogP contribution in [-0.2, 0) is 16.1 Å². The number of pyridine rings is 1. The van der Waals surface area contributed by atoms with Crippen molar-refractivity contribution in [3.05, 3.63) is 29.0 Å². The van der Waals surface area contributed by atoms with Gasteiger partial charge in [0.15, 0.2) is 0 Å². The van der Waals surface area contributed by atoms with Gasteiger partial charge in [-0.3, -0.25) is 14.7 Å². The Kier molecular flexibility index (Phi) is 4.42. The Bertz CT molecular complexity index is 565. The first-order valence-electron chi connectivity index (χ1n) is 8.13. The third kappa shape index (κ3) is 2.42. The van der Waals surface area contributed by atoms with E-state index < -0.39 is 0 Å². The van der Waals surface area contributed by atoms with Gasteiger partial charge >= 0.3 is 5.97 Å². The molecule has 0 saturated carbocycles. The van der Waals surface area contributed by atoms with Crippen molar-refractivity contribution in [3.8, 4) is 0 Å². The fourth-order valence-corrected chi connectivity index (χ4v) is 4.47. The first-order valence-corrected chi connectivity index (χ1v) is 8.51. The Morgan fingerprint density at radius 2 is 2.32 bits per heavy atom. The Balaban J connectivity index is 1.83. The smallest absolute Gasteiger partial charge is 0.313 e. The van der Waals surface area contributed by atoms with Crippen molar-refractivity contribution in [1.82, 2.24) is 9.88 Å². The predicted molar refractivity (Wildman–Crippen MR) is 85.6 cm³/mol. The zero-order valence-corrected chi connectivity index (χ0v) is 14.0. The van der Waals surface area contributed by atoms with Crippen LogP contribution in [0.2, 0.25) is 5.02 Å². The molecule has 0 unspecified atom stereocenters. The number of carbonyl (C=O) groups is 1. The van der Waals surface area contributed by atoms with Gasteiger partial charge in [-0.2, -0.15) is 0 Å². The van der Waals surface area contributed by atoms with Crippen molar-refractivity contribution in [1.29, 1.82) is 0 Å². The monoisotopic (exact) mass is 322 g/mol. The van der Waals surface area contributed by atoms with E-state index in [4.69, 9.17) is 16.3 Å². The molecule has 0 aliphatic carbocycles. The molecule has 3 atom stereocenters. The van der Waals surface area contributed by atoms with Crippen molar-refractivity contribution in [2.45, 2.75) is 58.2 Å². The van der Waals surface area contributed by atoms with E-state index in [1.54, 1.807) is 12.4 Å². The summed E-state index contributed by atoms with van der Waals surface area (Å²) in [6.45, 7) is 5.23. The van der Waals surface area contributed by atoms with Crippen LogP contribution in [0.4, 0.5) is 0 Å². The van der Waals surface area contributed by atoms with Gasteiger partial charge < -0.3 is 4.74 Å². The number of esters is 1. The van der Waals surface area contributed by atoms with Gasteiger partial charge in [0.2, 0.25) is 0 Å². The molecule has 2 aliphatic rings. The molecule has 120 valence electrons. The van der Waals surface area contributed by atoms with Gasteiger partial charge in [0.25, 0.3) is 0 Å². The number of rotatable bonds is 5. The summed E-state index contributed by atoms with van der Waals surface area (Å²) in [7, 11) is 0. The van der Waals surface area contributed by atoms with Gasteiger partial charge in [-0.15, -0.1) is 0 Å². The van der Waals surface area contributed by atoms with E-state index in [1.807, 2.05) is 13.0 Å². The molecule has 2 aliphatic heterocycles. The van der Waals surface area contributed by atoms with Crippen LogP contribution in [0, 0.1) is 5.41 Å². The number of hydrogen-bond donors (Lipinski definition) is 0. The SMILES string of the molecule is CCOC(=O)[C@]1(CC)C[C@@H]2CC[C@H]1N2Cc1ccncc1Cl. The first kappa shape index (κ1) is 15.8. The summed E-state index contributed by atoms with van der Waals surface area (Å²) in [5, 5.41) is 0.701. The molecular weight excluding hydrogens is 300 g/mol. The molecular formula is C17H23ClN2O2. The summed E-state index contributed by atoms with van der Waals surface area (Å²) in [4.78, 5) is 19.1. The van der Waals surface area contributed by atoms with Crippen molar-refractivity contribution >= 4 is 17.6 Å². The van der Waals surface area contributed by atoms with Crippen LogP contribution in [0.5, 0.6) is 0 Å². The zero-order chi connectivity index (χ0) is 15.7. The lowest BCUT2D eigenvalue weighted by Crippen LogP contribution is -2.44. The number of nitrogens with zero attached hydrogens (tertiary/aromatic N) is 2. The van der Waals surface area contributed by atoms with Crippen molar-refractivity contribution in [2.24, 2.45) is 5.41 Å². The molecule has 2 saturated heterocycles. The molecule has 2 bridgehead atoms. The number of aromatic nitrogens is 1. The standard InChI is InChI=1S/C17H23ClN2O2/c1-3-17(16(21)22-4-2)9-13-5-6-15(17)20(13)11-12-7-8-19-10-14(12)18/h7-8,10,13,15H,3-6,9,11H2,1-2H3/t13-,15+,17+/m0/s1. The van der Waals surface area contributed by atoms with Gasteiger partial charge in [0, 0.05) is 31.0 Å². The van der Waals surface area contributed by atoms with E-state index in [0.29, 0.717) is 17.7 Å². The normalized spacial score (nSPS) is 30.7. The van der Waals surface area contributed by atoms with E-state index in [-0.39, 0.29) is 17.4 Å². The lowest BCUT2D eigenvalue weighted by molar-refractivity contribution is -0.157. The number of halogens is 1. The molecule has 0 amide bonds. The van der Waals surface area contributed by atoms with Gasteiger partial charge in [-0.1, -0.05) is 18.5 Å². The summed E-state index contributed by atoms with van der Waals surface area (Å²) in [6.07, 6.45) is 7.45. The molecule has 0 N–H and O–H groups in total. The molecule has 3 rings (SSSR count). The van der Waals surface area contributed by atoms with E-state index in [1.165, 1.54) is 0 Å². The van der Waals surface area contributed by atoms with Gasteiger partial charge in [-0.05, 0) is 44.2 Å². The Labute approximate surface area is 136 Å². The maximum absolute atomic E-state index is 12.6. The van der Waals surface area contributed by atoms with E-state index >= 15 is 0 Å². The third-order valence-corrected chi connectivity index (χ3v) is 5.74. The quantitative estimate of drug-likeness (QED) is 0.779. The highest BCUT2D eigenvalue weighted by Gasteiger charge is 2.59. The number of carbonyl (C=O) groups excluding carboxylic acids is 1. The summed E-state index contributed by atoms with van der Waals surface area (Å²) >= 11 is 6.25. The molecule has 0 aromatic carbocycles. The van der Waals surface area contributed by atoms with Crippen LogP contribution in [0.25, 0.3) is 0 Å². The Morgan fingerprint density at radius 1 is 1.50 bits per heavy atom. The van der Waals surface area contributed by atoms with Gasteiger partial charge in [0.1, 0.15) is 0 Å². The second-order valence-corrected chi connectivity index (χ2v) is 6.73. The molecule has 0 spiro atoms. The van der Waals surface area contributed by atoms with Crippen LogP contribution in [-0.4, -0.2) is 34.5 Å². The third-order valence-electron chi connectivity index (χ3n) is 5.40. The largest absolute Gasteiger partial charge is 0.466 e. The van der Waals surface area contributed by atoms with Crippen LogP contribution in [0.15, 0.2) is 18.5 Å². The van der Waals surface area contributed by atoms with E-state index in [9.17, 15) is 4.79 Å². The highest BCUT2D eigenvalue weighted by molar-refractivity contribution is 6.31. The Hall–Kier alpha value is -1.13. The highest BCUT2D eigenvalue weighted by Crippen LogP contribution is 2.53. The predicted octanol–water partition coefficient (Wildman–Crippen LogP) is 3.43. The molecule has 2 fully saturated rings. The fraction of sp³-hybridized carbons (Fsp3) is 0.647. The average molecular weight is 323 g/mol. The molecule has 0 radical (unpaired) electrons. The summed E-state index contributed by atoms with van der Waals surface area (Å²) in [5.41, 5.74) is 0.752. The fourth-order valence-electron chi connectivity index (χ4n) is 4.29. The summed E-state index contributed by atoms with van der Waals surface area (Å²) in [6, 6.07) is 2.70. The zero-order valence-electron chi connectivity index (χ0n) is 13.2. The van der Waals surface area contributed by atoms with Crippen molar-refractivity contribution in [3.63, 3.8) is 0 Å². The lowest BCUT2D eigenvalue weighted by atomic mass is 9.72. The molecule has 1 aromatic rings. The highest BCUT2D eigenvalue weighted by atomic mass is 35.5. The minimum absolute atomic E-state index is 0.0180. The maximum atomic E-state index is 12.6. The summed E-state index contributed by atoms with van der Waals surface area (Å²) < 4.78 is 5.39.